The van der Waals surface area contributed by atoms with Gasteiger partial charge in [0.2, 0.25) is 0 Å². The van der Waals surface area contributed by atoms with Crippen molar-refractivity contribution in [3.63, 3.8) is 0 Å². The van der Waals surface area contributed by atoms with E-state index in [9.17, 15) is 9.59 Å². The van der Waals surface area contributed by atoms with Crippen LogP contribution in [0.1, 0.15) is 31.4 Å². The molecule has 1 saturated heterocycles. The van der Waals surface area contributed by atoms with Crippen molar-refractivity contribution in [2.45, 2.75) is 25.7 Å². The molecule has 1 fully saturated rings. The summed E-state index contributed by atoms with van der Waals surface area (Å²) in [4.78, 5) is 27.9. The molecule has 3 N–H and O–H groups in total. The molecule has 0 aliphatic carbocycles. The van der Waals surface area contributed by atoms with Crippen molar-refractivity contribution in [2.24, 2.45) is 0 Å². The molecule has 3 rings (SSSR count). The van der Waals surface area contributed by atoms with Gasteiger partial charge in [0.1, 0.15) is 6.29 Å². The van der Waals surface area contributed by atoms with Crippen molar-refractivity contribution in [1.82, 2.24) is 10.5 Å². The molecule has 0 spiro atoms. The second-order valence-electron chi connectivity index (χ2n) is 5.33. The van der Waals surface area contributed by atoms with Crippen molar-refractivity contribution in [1.29, 1.82) is 0 Å². The Morgan fingerprint density at radius 2 is 1.67 bits per heavy atom. The Balaban J connectivity index is 0.000000486. The monoisotopic (exact) mass is 398 g/mol. The Morgan fingerprint density at radius 3 is 2.19 bits per heavy atom. The summed E-state index contributed by atoms with van der Waals surface area (Å²) in [7, 11) is 0. The molecule has 1 aliphatic heterocycles. The van der Waals surface area contributed by atoms with Gasteiger partial charge in [-0.1, -0.05) is 17.3 Å². The van der Waals surface area contributed by atoms with E-state index in [2.05, 4.69) is 16.5 Å². The Bertz CT molecular complexity index is 737. The summed E-state index contributed by atoms with van der Waals surface area (Å²) in [6.45, 7) is 3.62. The Labute approximate surface area is 162 Å². The first-order valence-corrected chi connectivity index (χ1v) is 8.08. The number of halogens is 1. The number of carbonyl (C=O) groups is 3. The van der Waals surface area contributed by atoms with E-state index in [0.717, 1.165) is 43.5 Å². The van der Waals surface area contributed by atoms with Crippen molar-refractivity contribution in [3.8, 4) is 0 Å². The van der Waals surface area contributed by atoms with Crippen molar-refractivity contribution >= 4 is 41.6 Å². The summed E-state index contributed by atoms with van der Waals surface area (Å²) in [6, 6.07) is 8.11. The molecule has 2 heterocycles. The quantitative estimate of drug-likeness (QED) is 0.531. The lowest BCUT2D eigenvalue weighted by molar-refractivity contribution is -0.134. The predicted molar refractivity (Wildman–Crippen MR) is 102 cm³/mol. The van der Waals surface area contributed by atoms with Crippen LogP contribution in [-0.4, -0.2) is 46.7 Å². The molecule has 0 bridgehead atoms. The molecule has 27 heavy (non-hydrogen) atoms. The van der Waals surface area contributed by atoms with E-state index in [1.54, 1.807) is 0 Å². The zero-order valence-electron chi connectivity index (χ0n) is 14.8. The zero-order valence-corrected chi connectivity index (χ0v) is 15.6. The molecular formula is C18H23ClN2O6. The lowest BCUT2D eigenvalue weighted by Gasteiger charge is -2.20. The van der Waals surface area contributed by atoms with Crippen molar-refractivity contribution < 1.29 is 29.1 Å². The number of fused-ring (bicyclic) bond motifs is 1. The fraction of sp³-hybridized carbons (Fsp3) is 0.333. The first-order chi connectivity index (χ1) is 12.5. The van der Waals surface area contributed by atoms with Gasteiger partial charge in [-0.25, -0.2) is 9.59 Å². The molecule has 1 aliphatic rings. The molecule has 0 saturated carbocycles. The molecule has 8 nitrogen and oxygen atoms in total. The van der Waals surface area contributed by atoms with E-state index in [0.29, 0.717) is 18.1 Å². The van der Waals surface area contributed by atoms with E-state index < -0.39 is 11.9 Å². The van der Waals surface area contributed by atoms with Gasteiger partial charge < -0.3 is 24.8 Å². The number of carboxylic acid groups (broad SMARTS) is 2. The maximum absolute atomic E-state index is 9.55. The van der Waals surface area contributed by atoms with Crippen LogP contribution in [0.25, 0.3) is 11.0 Å². The lowest BCUT2D eigenvalue weighted by atomic mass is 9.93. The molecule has 2 aromatic rings. The molecule has 0 amide bonds. The Kier molecular flexibility index (Phi) is 12.1. The fourth-order valence-electron chi connectivity index (χ4n) is 2.44. The van der Waals surface area contributed by atoms with Crippen LogP contribution in [0.5, 0.6) is 0 Å². The molecule has 148 valence electrons. The largest absolute Gasteiger partial charge is 0.478 e. The number of carbonyl (C=O) groups excluding carboxylic acids is 1. The normalized spacial score (nSPS) is 13.5. The highest BCUT2D eigenvalue weighted by atomic mass is 35.5. The summed E-state index contributed by atoms with van der Waals surface area (Å²) in [5.74, 6) is -1.95. The summed E-state index contributed by atoms with van der Waals surface area (Å²) < 4.78 is 5.33. The highest BCUT2D eigenvalue weighted by molar-refractivity contribution is 5.89. The van der Waals surface area contributed by atoms with Gasteiger partial charge in [-0.15, -0.1) is 12.4 Å². The van der Waals surface area contributed by atoms with Crippen LogP contribution in [0.4, 0.5) is 0 Å². The number of benzene rings is 1. The third kappa shape index (κ3) is 8.98. The number of aromatic nitrogens is 1. The fourth-order valence-corrected chi connectivity index (χ4v) is 2.44. The van der Waals surface area contributed by atoms with Crippen LogP contribution in [0.3, 0.4) is 0 Å². The summed E-state index contributed by atoms with van der Waals surface area (Å²) in [5.41, 5.74) is 2.05. The second-order valence-corrected chi connectivity index (χ2v) is 5.33. The highest BCUT2D eigenvalue weighted by Crippen LogP contribution is 2.30. The van der Waals surface area contributed by atoms with Crippen LogP contribution >= 0.6 is 12.4 Å². The number of nitrogens with one attached hydrogen (secondary N) is 1. The molecule has 0 atom stereocenters. The van der Waals surface area contributed by atoms with E-state index in [1.807, 2.05) is 18.2 Å². The topological polar surface area (TPSA) is 130 Å². The van der Waals surface area contributed by atoms with Gasteiger partial charge in [0.25, 0.3) is 0 Å². The molecular weight excluding hydrogens is 376 g/mol. The average molecular weight is 399 g/mol. The lowest BCUT2D eigenvalue weighted by Crippen LogP contribution is -2.26. The van der Waals surface area contributed by atoms with E-state index in [-0.39, 0.29) is 12.4 Å². The SMILES string of the molecule is CC=O.Cl.O=C(O)/C=C/C(=O)O.c1ccc2c(C3CCNCC3)noc2c1. The van der Waals surface area contributed by atoms with Crippen LogP contribution in [0, 0.1) is 0 Å². The van der Waals surface area contributed by atoms with Crippen LogP contribution < -0.4 is 5.32 Å². The number of aliphatic carboxylic acids is 2. The maximum Gasteiger partial charge on any atom is 0.328 e. The molecule has 9 heteroatoms. The predicted octanol–water partition coefficient (Wildman–Crippen LogP) is 2.63. The molecule has 1 aromatic carbocycles. The summed E-state index contributed by atoms with van der Waals surface area (Å²) in [6.07, 6.45) is 4.19. The van der Waals surface area contributed by atoms with Gasteiger partial charge in [0.15, 0.2) is 5.58 Å². The number of rotatable bonds is 3. The van der Waals surface area contributed by atoms with Gasteiger partial charge >= 0.3 is 11.9 Å². The number of piperidine rings is 1. The maximum atomic E-state index is 9.55. The van der Waals surface area contributed by atoms with Gasteiger partial charge in [-0.05, 0) is 45.0 Å². The van der Waals surface area contributed by atoms with Gasteiger partial charge in [-0.2, -0.15) is 0 Å². The van der Waals surface area contributed by atoms with Crippen LogP contribution in [0.2, 0.25) is 0 Å². The number of hydrogen-bond acceptors (Lipinski definition) is 6. The summed E-state index contributed by atoms with van der Waals surface area (Å²) in [5, 5.41) is 24.4. The smallest absolute Gasteiger partial charge is 0.328 e. The Morgan fingerprint density at radius 1 is 1.15 bits per heavy atom. The third-order valence-corrected chi connectivity index (χ3v) is 3.50. The minimum atomic E-state index is -1.26. The number of hydrogen-bond donors (Lipinski definition) is 3. The first kappa shape index (κ1) is 24.3. The van der Waals surface area contributed by atoms with Gasteiger partial charge in [-0.3, -0.25) is 0 Å². The van der Waals surface area contributed by atoms with Gasteiger partial charge in [0.05, 0.1) is 5.69 Å². The molecule has 0 unspecified atom stereocenters. The standard InChI is InChI=1S/C12H14N2O.C4H4O4.C2H4O.ClH/c1-2-4-11-10(3-1)12(14-15-11)9-5-7-13-8-6-9;5-3(6)1-2-4(7)8;1-2-3;/h1-4,9,13H,5-8H2;1-2H,(H,5,6)(H,7,8);2H,1H3;1H/b;2-1+;;. The number of carboxylic acids is 2. The van der Waals surface area contributed by atoms with Gasteiger partial charge in [0, 0.05) is 23.5 Å². The number of para-hydroxylation sites is 1. The van der Waals surface area contributed by atoms with Crippen LogP contribution in [0.15, 0.2) is 40.9 Å². The first-order valence-electron chi connectivity index (χ1n) is 8.08. The Hall–Kier alpha value is -2.71. The molecule has 0 radical (unpaired) electrons. The second kappa shape index (κ2) is 13.5. The average Bonchev–Trinajstić information content (AvgIpc) is 3.06. The molecule has 1 aromatic heterocycles. The van der Waals surface area contributed by atoms with E-state index in [4.69, 9.17) is 19.5 Å². The van der Waals surface area contributed by atoms with E-state index >= 15 is 0 Å². The minimum absolute atomic E-state index is 0. The highest BCUT2D eigenvalue weighted by Gasteiger charge is 2.20. The third-order valence-electron chi connectivity index (χ3n) is 3.50. The summed E-state index contributed by atoms with van der Waals surface area (Å²) >= 11 is 0. The van der Waals surface area contributed by atoms with Crippen LogP contribution in [-0.2, 0) is 14.4 Å². The minimum Gasteiger partial charge on any atom is -0.478 e. The number of aldehydes is 1. The zero-order chi connectivity index (χ0) is 19.4. The van der Waals surface area contributed by atoms with Crippen molar-refractivity contribution in [3.05, 3.63) is 42.1 Å². The van der Waals surface area contributed by atoms with E-state index in [1.165, 1.54) is 12.3 Å². The number of nitrogens with zero attached hydrogens (tertiary/aromatic N) is 1. The van der Waals surface area contributed by atoms with Crippen molar-refractivity contribution in [2.75, 3.05) is 13.1 Å².